The van der Waals surface area contributed by atoms with Crippen LogP contribution in [-0.4, -0.2) is 32.6 Å². The van der Waals surface area contributed by atoms with Crippen LogP contribution >= 0.6 is 11.8 Å². The van der Waals surface area contributed by atoms with Crippen LogP contribution in [0, 0.1) is 10.8 Å². The molecule has 0 aromatic heterocycles. The van der Waals surface area contributed by atoms with Gasteiger partial charge in [0.2, 0.25) is 0 Å². The Morgan fingerprint density at radius 3 is 2.47 bits per heavy atom. The molecule has 0 aliphatic carbocycles. The number of hydrogen-bond acceptors (Lipinski definition) is 7. The summed E-state index contributed by atoms with van der Waals surface area (Å²) in [5.41, 5.74) is 5.16. The van der Waals surface area contributed by atoms with Crippen LogP contribution in [0.3, 0.4) is 0 Å². The van der Waals surface area contributed by atoms with Crippen molar-refractivity contribution < 1.29 is 9.53 Å². The standard InChI is InChI=1S/C27H28N4O2S/c1-27(2)20-14-18(26(32)33-4)10-11-21(20)31(3)23(27)13-12-22-24(17-8-6-5-7-9-17)30-25(34-22)19(15-28)16-29/h5-16,24,28-30H,1-4H3/b22-12+,23-13-,25-19?,28-15?,29-16?. The molecular weight excluding hydrogens is 444 g/mol. The zero-order valence-electron chi connectivity index (χ0n) is 19.7. The molecule has 2 aromatic rings. The number of anilines is 1. The monoisotopic (exact) mass is 472 g/mol. The van der Waals surface area contributed by atoms with Crippen molar-refractivity contribution >= 4 is 35.8 Å². The molecule has 1 saturated heterocycles. The van der Waals surface area contributed by atoms with E-state index in [1.165, 1.54) is 19.5 Å². The van der Waals surface area contributed by atoms with Crippen molar-refractivity contribution in [2.24, 2.45) is 0 Å². The molecule has 1 unspecified atom stereocenters. The average molecular weight is 473 g/mol. The van der Waals surface area contributed by atoms with Crippen LogP contribution in [0.4, 0.5) is 5.69 Å². The molecule has 2 heterocycles. The number of hydrogen-bond donors (Lipinski definition) is 3. The third-order valence-corrected chi connectivity index (χ3v) is 7.51. The second-order valence-electron chi connectivity index (χ2n) is 8.69. The molecule has 7 heteroatoms. The van der Waals surface area contributed by atoms with Gasteiger partial charge in [-0.25, -0.2) is 4.79 Å². The molecule has 1 atom stereocenters. The van der Waals surface area contributed by atoms with Gasteiger partial charge in [-0.1, -0.05) is 55.9 Å². The number of allylic oxidation sites excluding steroid dienone is 4. The minimum atomic E-state index is -0.340. The summed E-state index contributed by atoms with van der Waals surface area (Å²) >= 11 is 1.55. The van der Waals surface area contributed by atoms with Crippen LogP contribution in [-0.2, 0) is 10.2 Å². The zero-order valence-corrected chi connectivity index (χ0v) is 20.5. The topological polar surface area (TPSA) is 89.3 Å². The summed E-state index contributed by atoms with van der Waals surface area (Å²) in [6.07, 6.45) is 6.66. The van der Waals surface area contributed by atoms with Gasteiger partial charge in [0, 0.05) is 46.8 Å². The Balaban J connectivity index is 1.76. The first kappa shape index (κ1) is 23.6. The fraction of sp³-hybridized carbons (Fsp3) is 0.222. The molecule has 2 aliphatic heterocycles. The van der Waals surface area contributed by atoms with E-state index in [4.69, 9.17) is 15.6 Å². The molecule has 174 valence electrons. The fourth-order valence-corrected chi connectivity index (χ4v) is 5.59. The lowest BCUT2D eigenvalue weighted by molar-refractivity contribution is 0.0600. The van der Waals surface area contributed by atoms with Crippen molar-refractivity contribution in [3.63, 3.8) is 0 Å². The van der Waals surface area contributed by atoms with E-state index in [2.05, 4.69) is 48.3 Å². The van der Waals surface area contributed by atoms with E-state index < -0.39 is 0 Å². The summed E-state index contributed by atoms with van der Waals surface area (Å²) in [6.45, 7) is 4.31. The van der Waals surface area contributed by atoms with Gasteiger partial charge >= 0.3 is 5.97 Å². The molecule has 0 saturated carbocycles. The van der Waals surface area contributed by atoms with E-state index in [9.17, 15) is 4.79 Å². The van der Waals surface area contributed by atoms with E-state index in [0.717, 1.165) is 32.4 Å². The van der Waals surface area contributed by atoms with Gasteiger partial charge in [-0.2, -0.15) is 0 Å². The van der Waals surface area contributed by atoms with E-state index in [0.29, 0.717) is 11.1 Å². The van der Waals surface area contributed by atoms with Gasteiger partial charge in [-0.3, -0.25) is 0 Å². The number of carbonyl (C=O) groups excluding carboxylic acids is 1. The van der Waals surface area contributed by atoms with Gasteiger partial charge < -0.3 is 25.8 Å². The average Bonchev–Trinajstić information content (AvgIpc) is 3.35. The van der Waals surface area contributed by atoms with E-state index in [1.807, 2.05) is 37.4 Å². The number of nitrogens with zero attached hydrogens (tertiary/aromatic N) is 1. The normalized spacial score (nSPS) is 20.8. The number of thioether (sulfide) groups is 1. The van der Waals surface area contributed by atoms with Gasteiger partial charge in [0.15, 0.2) is 0 Å². The highest BCUT2D eigenvalue weighted by molar-refractivity contribution is 8.07. The molecular formula is C27H28N4O2S. The van der Waals surface area contributed by atoms with Crippen LogP contribution in [0.15, 0.2) is 81.9 Å². The third-order valence-electron chi connectivity index (χ3n) is 6.35. The Hall–Kier alpha value is -3.58. The van der Waals surface area contributed by atoms with Crippen LogP contribution in [0.2, 0.25) is 0 Å². The van der Waals surface area contributed by atoms with Crippen molar-refractivity contribution in [3.05, 3.63) is 98.6 Å². The maximum atomic E-state index is 12.1. The minimum absolute atomic E-state index is 0.0592. The fourth-order valence-electron chi connectivity index (χ4n) is 4.49. The third kappa shape index (κ3) is 4.07. The van der Waals surface area contributed by atoms with Gasteiger partial charge in [0.05, 0.1) is 23.7 Å². The number of methoxy groups -OCH3 is 1. The van der Waals surface area contributed by atoms with Crippen LogP contribution in [0.1, 0.15) is 41.4 Å². The van der Waals surface area contributed by atoms with Crippen LogP contribution < -0.4 is 10.2 Å². The van der Waals surface area contributed by atoms with E-state index in [-0.39, 0.29) is 17.4 Å². The molecule has 6 nitrogen and oxygen atoms in total. The molecule has 0 spiro atoms. The number of nitrogens with one attached hydrogen (secondary N) is 3. The molecule has 0 amide bonds. The van der Waals surface area contributed by atoms with Crippen LogP contribution in [0.5, 0.6) is 0 Å². The number of likely N-dealkylation sites (N-methyl/N-ethyl adjacent to an activating group) is 1. The Morgan fingerprint density at radius 1 is 1.12 bits per heavy atom. The Morgan fingerprint density at radius 2 is 1.82 bits per heavy atom. The van der Waals surface area contributed by atoms with Gasteiger partial charge in [-0.05, 0) is 41.5 Å². The van der Waals surface area contributed by atoms with Gasteiger partial charge in [-0.15, -0.1) is 0 Å². The van der Waals surface area contributed by atoms with Crippen molar-refractivity contribution in [1.82, 2.24) is 5.32 Å². The number of benzene rings is 2. The number of ether oxygens (including phenoxy) is 1. The summed E-state index contributed by atoms with van der Waals surface area (Å²) in [5, 5.41) is 19.6. The molecule has 1 fully saturated rings. The van der Waals surface area contributed by atoms with Crippen molar-refractivity contribution in [2.45, 2.75) is 25.3 Å². The Bertz CT molecular complexity index is 1230. The SMILES string of the molecule is COC(=O)c1ccc2c(c1)C(C)(C)/C(=C/C=C1/SC(=C(C=N)C=N)NC1c1ccccc1)N2C. The van der Waals surface area contributed by atoms with E-state index >= 15 is 0 Å². The first-order chi connectivity index (χ1) is 16.3. The van der Waals surface area contributed by atoms with Crippen molar-refractivity contribution in [2.75, 3.05) is 19.1 Å². The van der Waals surface area contributed by atoms with Crippen LogP contribution in [0.25, 0.3) is 0 Å². The minimum Gasteiger partial charge on any atom is -0.465 e. The second kappa shape index (κ2) is 9.35. The first-order valence-electron chi connectivity index (χ1n) is 10.9. The second-order valence-corrected chi connectivity index (χ2v) is 9.78. The molecule has 0 bridgehead atoms. The molecule has 2 aliphatic rings. The highest BCUT2D eigenvalue weighted by Gasteiger charge is 2.39. The maximum absolute atomic E-state index is 12.1. The summed E-state index contributed by atoms with van der Waals surface area (Å²) in [5.74, 6) is -0.340. The predicted octanol–water partition coefficient (Wildman–Crippen LogP) is 5.56. The lowest BCUT2D eigenvalue weighted by Crippen LogP contribution is -2.22. The lowest BCUT2D eigenvalue weighted by atomic mass is 9.83. The quantitative estimate of drug-likeness (QED) is 0.392. The molecule has 3 N–H and O–H groups in total. The molecule has 0 radical (unpaired) electrons. The number of esters is 1. The summed E-state index contributed by atoms with van der Waals surface area (Å²) in [6, 6.07) is 15.8. The van der Waals surface area contributed by atoms with Gasteiger partial charge in [0.1, 0.15) is 0 Å². The zero-order chi connectivity index (χ0) is 24.5. The summed E-state index contributed by atoms with van der Waals surface area (Å²) in [4.78, 5) is 15.3. The molecule has 2 aromatic carbocycles. The highest BCUT2D eigenvalue weighted by Crippen LogP contribution is 2.48. The number of fused-ring (bicyclic) bond motifs is 1. The summed E-state index contributed by atoms with van der Waals surface area (Å²) < 4.78 is 4.91. The van der Waals surface area contributed by atoms with E-state index in [1.54, 1.807) is 17.8 Å². The number of rotatable bonds is 5. The number of carbonyl (C=O) groups is 1. The van der Waals surface area contributed by atoms with Crippen molar-refractivity contribution in [3.8, 4) is 0 Å². The highest BCUT2D eigenvalue weighted by atomic mass is 32.2. The summed E-state index contributed by atoms with van der Waals surface area (Å²) in [7, 11) is 3.43. The maximum Gasteiger partial charge on any atom is 0.337 e. The Labute approximate surface area is 204 Å². The van der Waals surface area contributed by atoms with Crippen molar-refractivity contribution in [1.29, 1.82) is 10.8 Å². The van der Waals surface area contributed by atoms with Gasteiger partial charge in [0.25, 0.3) is 0 Å². The molecule has 4 rings (SSSR count). The largest absolute Gasteiger partial charge is 0.465 e. The Kier molecular flexibility index (Phi) is 6.48. The molecule has 34 heavy (non-hydrogen) atoms. The smallest absolute Gasteiger partial charge is 0.337 e. The predicted molar refractivity (Wildman–Crippen MR) is 140 cm³/mol. The first-order valence-corrected chi connectivity index (χ1v) is 11.8. The lowest BCUT2D eigenvalue weighted by Gasteiger charge is -2.24.